The van der Waals surface area contributed by atoms with Crippen molar-refractivity contribution < 1.29 is 18.0 Å². The van der Waals surface area contributed by atoms with Crippen molar-refractivity contribution in [1.29, 1.82) is 0 Å². The van der Waals surface area contributed by atoms with Crippen LogP contribution in [0.15, 0.2) is 24.3 Å². The second kappa shape index (κ2) is 5.11. The van der Waals surface area contributed by atoms with E-state index in [0.717, 1.165) is 37.0 Å². The van der Waals surface area contributed by atoms with Gasteiger partial charge in [0.05, 0.1) is 5.56 Å². The highest BCUT2D eigenvalue weighted by atomic mass is 19.4. The minimum Gasteiger partial charge on any atom is -0.299 e. The molecule has 0 aromatic heterocycles. The third kappa shape index (κ3) is 2.32. The lowest BCUT2D eigenvalue weighted by Gasteiger charge is -2.65. The van der Waals surface area contributed by atoms with Gasteiger partial charge < -0.3 is 0 Å². The number of carbonyl (C=O) groups excluding carboxylic acids is 1. The highest BCUT2D eigenvalue weighted by molar-refractivity contribution is 5.88. The van der Waals surface area contributed by atoms with Gasteiger partial charge in [0.2, 0.25) is 0 Å². The first-order valence-electron chi connectivity index (χ1n) is 9.25. The van der Waals surface area contributed by atoms with E-state index in [1.165, 1.54) is 0 Å². The Morgan fingerprint density at radius 2 is 1.76 bits per heavy atom. The van der Waals surface area contributed by atoms with Crippen LogP contribution in [-0.2, 0) is 17.4 Å². The van der Waals surface area contributed by atoms with Crippen LogP contribution >= 0.6 is 0 Å². The van der Waals surface area contributed by atoms with E-state index in [9.17, 15) is 18.0 Å². The van der Waals surface area contributed by atoms with Gasteiger partial charge >= 0.3 is 6.18 Å². The Balaban J connectivity index is 1.55. The van der Waals surface area contributed by atoms with Crippen molar-refractivity contribution in [3.8, 4) is 0 Å². The summed E-state index contributed by atoms with van der Waals surface area (Å²) >= 11 is 0. The lowest BCUT2D eigenvalue weighted by molar-refractivity contribution is -0.187. The van der Waals surface area contributed by atoms with Gasteiger partial charge in [-0.1, -0.05) is 32.9 Å². The molecule has 0 unspecified atom stereocenters. The Hall–Kier alpha value is -1.32. The highest BCUT2D eigenvalue weighted by Crippen LogP contribution is 2.71. The van der Waals surface area contributed by atoms with Gasteiger partial charge in [-0.05, 0) is 66.0 Å². The van der Waals surface area contributed by atoms with Gasteiger partial charge in [-0.15, -0.1) is 0 Å². The van der Waals surface area contributed by atoms with Crippen LogP contribution < -0.4 is 0 Å². The second-order valence-corrected chi connectivity index (χ2v) is 9.25. The van der Waals surface area contributed by atoms with Crippen molar-refractivity contribution in [1.82, 2.24) is 0 Å². The van der Waals surface area contributed by atoms with Crippen LogP contribution in [-0.4, -0.2) is 5.78 Å². The van der Waals surface area contributed by atoms with Crippen LogP contribution in [0.4, 0.5) is 13.2 Å². The van der Waals surface area contributed by atoms with Gasteiger partial charge in [-0.3, -0.25) is 4.79 Å². The molecule has 1 aromatic carbocycles. The van der Waals surface area contributed by atoms with Crippen LogP contribution in [0.2, 0.25) is 0 Å². The molecule has 0 saturated heterocycles. The molecule has 4 aliphatic carbocycles. The largest absolute Gasteiger partial charge is 0.416 e. The van der Waals surface area contributed by atoms with Gasteiger partial charge in [0.15, 0.2) is 0 Å². The third-order valence-corrected chi connectivity index (χ3v) is 7.73. The second-order valence-electron chi connectivity index (χ2n) is 9.25. The maximum atomic E-state index is 13.1. The predicted molar refractivity (Wildman–Crippen MR) is 89.9 cm³/mol. The molecule has 4 aliphatic rings. The fraction of sp³-hybridized carbons (Fsp3) is 0.667. The normalized spacial score (nSPS) is 39.0. The number of halogens is 3. The molecule has 5 atom stereocenters. The van der Waals surface area contributed by atoms with Crippen LogP contribution in [0.25, 0.3) is 0 Å². The van der Waals surface area contributed by atoms with Gasteiger partial charge in [0.1, 0.15) is 5.78 Å². The number of alkyl halides is 3. The molecule has 1 aromatic rings. The molecule has 4 heteroatoms. The summed E-state index contributed by atoms with van der Waals surface area (Å²) in [5.74, 6) is 1.57. The molecule has 0 aliphatic heterocycles. The first kappa shape index (κ1) is 17.1. The smallest absolute Gasteiger partial charge is 0.299 e. The molecule has 4 fully saturated rings. The molecule has 2 bridgehead atoms. The van der Waals surface area contributed by atoms with Crippen LogP contribution in [0.3, 0.4) is 0 Å². The Morgan fingerprint density at radius 3 is 2.32 bits per heavy atom. The quantitative estimate of drug-likeness (QED) is 0.686. The summed E-state index contributed by atoms with van der Waals surface area (Å²) in [6, 6.07) is 5.48. The maximum Gasteiger partial charge on any atom is 0.416 e. The molecular formula is C21H25F3O. The van der Waals surface area contributed by atoms with E-state index >= 15 is 0 Å². The standard InChI is InChI=1S/C21H25F3O/c1-19(2)15-11-16(19)20(3)9-8-13(17(20)18(15)25)10-12-4-6-14(7-5-12)21(22,23)24/h4-7,13,15-17H,8-11H2,1-3H3/t13-,15-,16-,17+,20-/m1/s1. The Bertz CT molecular complexity index is 703. The molecule has 0 radical (unpaired) electrons. The van der Waals surface area contributed by atoms with Gasteiger partial charge in [0, 0.05) is 11.8 Å². The van der Waals surface area contributed by atoms with Crippen molar-refractivity contribution in [2.24, 2.45) is 34.5 Å². The predicted octanol–water partition coefficient (Wildman–Crippen LogP) is 5.53. The van der Waals surface area contributed by atoms with E-state index in [1.54, 1.807) is 12.1 Å². The summed E-state index contributed by atoms with van der Waals surface area (Å²) in [6.07, 6.45) is -0.477. The van der Waals surface area contributed by atoms with Gasteiger partial charge in [0.25, 0.3) is 0 Å². The summed E-state index contributed by atoms with van der Waals surface area (Å²) in [7, 11) is 0. The van der Waals surface area contributed by atoms with E-state index in [2.05, 4.69) is 20.8 Å². The topological polar surface area (TPSA) is 17.1 Å². The first-order chi connectivity index (χ1) is 11.5. The highest BCUT2D eigenvalue weighted by Gasteiger charge is 2.69. The third-order valence-electron chi connectivity index (χ3n) is 7.73. The van der Waals surface area contributed by atoms with E-state index < -0.39 is 11.7 Å². The molecular weight excluding hydrogens is 325 g/mol. The van der Waals surface area contributed by atoms with E-state index in [0.29, 0.717) is 18.1 Å². The number of carbonyl (C=O) groups is 1. The first-order valence-corrected chi connectivity index (χ1v) is 9.25. The number of rotatable bonds is 2. The van der Waals surface area contributed by atoms with Crippen molar-refractivity contribution in [2.75, 3.05) is 0 Å². The summed E-state index contributed by atoms with van der Waals surface area (Å²) in [5, 5.41) is 0. The monoisotopic (exact) mass is 350 g/mol. The zero-order valence-corrected chi connectivity index (χ0v) is 15.0. The summed E-state index contributed by atoms with van der Waals surface area (Å²) in [5.41, 5.74) is 0.495. The maximum absolute atomic E-state index is 13.1. The van der Waals surface area contributed by atoms with Crippen LogP contribution in [0.1, 0.15) is 51.2 Å². The zero-order valence-electron chi connectivity index (χ0n) is 15.0. The SMILES string of the molecule is CC1(C)[C@@H]2C[C@H]1[C@@]1(C)CC[C@H](Cc3ccc(C(F)(F)F)cc3)[C@H]1C2=O. The molecule has 0 N–H and O–H groups in total. The number of ketones is 1. The molecule has 1 nitrogen and oxygen atoms in total. The fourth-order valence-corrected chi connectivity index (χ4v) is 6.40. The molecule has 4 saturated carbocycles. The van der Waals surface area contributed by atoms with Crippen molar-refractivity contribution in [3.63, 3.8) is 0 Å². The Kier molecular flexibility index (Phi) is 3.50. The van der Waals surface area contributed by atoms with Gasteiger partial charge in [-0.25, -0.2) is 0 Å². The summed E-state index contributed by atoms with van der Waals surface area (Å²) < 4.78 is 38.2. The molecule has 0 amide bonds. The number of hydrogen-bond acceptors (Lipinski definition) is 1. The summed E-state index contributed by atoms with van der Waals surface area (Å²) in [4.78, 5) is 13.1. The Morgan fingerprint density at radius 1 is 1.12 bits per heavy atom. The lowest BCUT2D eigenvalue weighted by atomic mass is 9.38. The van der Waals surface area contributed by atoms with Crippen molar-refractivity contribution >= 4 is 5.78 Å². The minimum absolute atomic E-state index is 0.0753. The molecule has 5 rings (SSSR count). The zero-order chi connectivity index (χ0) is 18.2. The average Bonchev–Trinajstić information content (AvgIpc) is 2.84. The lowest BCUT2D eigenvalue weighted by Crippen LogP contribution is -2.64. The molecule has 25 heavy (non-hydrogen) atoms. The van der Waals surface area contributed by atoms with Crippen LogP contribution in [0.5, 0.6) is 0 Å². The summed E-state index contributed by atoms with van der Waals surface area (Å²) in [6.45, 7) is 6.74. The number of Topliss-reactive ketones (excluding diaryl/α,β-unsaturated/α-hetero) is 1. The van der Waals surface area contributed by atoms with Crippen molar-refractivity contribution in [2.45, 2.75) is 52.6 Å². The molecule has 0 spiro atoms. The van der Waals surface area contributed by atoms with Gasteiger partial charge in [-0.2, -0.15) is 13.2 Å². The minimum atomic E-state index is -4.29. The average molecular weight is 350 g/mol. The van der Waals surface area contributed by atoms with E-state index in [4.69, 9.17) is 0 Å². The number of hydrogen-bond donors (Lipinski definition) is 0. The van der Waals surface area contributed by atoms with E-state index in [-0.39, 0.29) is 28.6 Å². The number of benzene rings is 1. The molecule has 0 heterocycles. The Labute approximate surface area is 147 Å². The van der Waals surface area contributed by atoms with Crippen LogP contribution in [0, 0.1) is 34.5 Å². The fourth-order valence-electron chi connectivity index (χ4n) is 6.40. The van der Waals surface area contributed by atoms with Crippen molar-refractivity contribution in [3.05, 3.63) is 35.4 Å². The van der Waals surface area contributed by atoms with E-state index in [1.807, 2.05) is 0 Å². The molecule has 136 valence electrons.